The van der Waals surface area contributed by atoms with E-state index in [1.54, 1.807) is 0 Å². The van der Waals surface area contributed by atoms with Gasteiger partial charge in [0, 0.05) is 32.7 Å². The first-order valence-corrected chi connectivity index (χ1v) is 8.57. The summed E-state index contributed by atoms with van der Waals surface area (Å²) < 4.78 is 5.35. The summed E-state index contributed by atoms with van der Waals surface area (Å²) in [6.45, 7) is 6.23. The molecule has 24 heavy (non-hydrogen) atoms. The van der Waals surface area contributed by atoms with E-state index >= 15 is 0 Å². The molecule has 0 bridgehead atoms. The predicted octanol–water partition coefficient (Wildman–Crippen LogP) is 0.197. The van der Waals surface area contributed by atoms with Gasteiger partial charge in [-0.25, -0.2) is 0 Å². The highest BCUT2D eigenvalue weighted by Gasteiger charge is 2.29. The van der Waals surface area contributed by atoms with Gasteiger partial charge in [-0.3, -0.25) is 9.59 Å². The van der Waals surface area contributed by atoms with E-state index in [9.17, 15) is 9.59 Å². The van der Waals surface area contributed by atoms with E-state index in [1.165, 1.54) is 5.56 Å². The van der Waals surface area contributed by atoms with Crippen LogP contribution in [0.5, 0.6) is 0 Å². The SMILES string of the molecule is Cc1ccc(CC(=O)N2CCN(C(=O)C3COCCN3)CC2)cc1. The number of carbonyl (C=O) groups is 2. The maximum Gasteiger partial charge on any atom is 0.242 e. The van der Waals surface area contributed by atoms with Gasteiger partial charge in [-0.05, 0) is 12.5 Å². The Bertz CT molecular complexity index is 574. The molecule has 2 aliphatic rings. The lowest BCUT2D eigenvalue weighted by atomic mass is 10.1. The molecule has 1 N–H and O–H groups in total. The minimum atomic E-state index is -0.242. The lowest BCUT2D eigenvalue weighted by molar-refractivity contribution is -0.142. The number of amides is 2. The summed E-state index contributed by atoms with van der Waals surface area (Å²) in [5.74, 6) is 0.213. The molecule has 6 nitrogen and oxygen atoms in total. The fourth-order valence-electron chi connectivity index (χ4n) is 3.11. The molecule has 0 saturated carbocycles. The Labute approximate surface area is 142 Å². The van der Waals surface area contributed by atoms with Crippen molar-refractivity contribution in [3.05, 3.63) is 35.4 Å². The van der Waals surface area contributed by atoms with Gasteiger partial charge in [-0.2, -0.15) is 0 Å². The Morgan fingerprint density at radius 3 is 2.42 bits per heavy atom. The van der Waals surface area contributed by atoms with Crippen LogP contribution in [-0.2, 0) is 20.7 Å². The molecular weight excluding hydrogens is 306 g/mol. The molecule has 0 aromatic heterocycles. The summed E-state index contributed by atoms with van der Waals surface area (Å²) in [7, 11) is 0. The number of rotatable bonds is 3. The number of benzene rings is 1. The van der Waals surface area contributed by atoms with Crippen LogP contribution in [0.25, 0.3) is 0 Å². The van der Waals surface area contributed by atoms with Crippen LogP contribution in [-0.4, -0.2) is 73.6 Å². The van der Waals surface area contributed by atoms with Crippen LogP contribution in [0, 0.1) is 6.92 Å². The lowest BCUT2D eigenvalue weighted by Gasteiger charge is -2.37. The fraction of sp³-hybridized carbons (Fsp3) is 0.556. The fourth-order valence-corrected chi connectivity index (χ4v) is 3.11. The molecule has 6 heteroatoms. The third-order valence-corrected chi connectivity index (χ3v) is 4.64. The van der Waals surface area contributed by atoms with Gasteiger partial charge in [0.05, 0.1) is 19.6 Å². The average Bonchev–Trinajstić information content (AvgIpc) is 2.64. The Morgan fingerprint density at radius 2 is 1.79 bits per heavy atom. The highest BCUT2D eigenvalue weighted by molar-refractivity contribution is 5.83. The van der Waals surface area contributed by atoms with Gasteiger partial charge in [0.15, 0.2) is 0 Å². The first-order valence-electron chi connectivity index (χ1n) is 8.57. The van der Waals surface area contributed by atoms with Crippen LogP contribution in [0.1, 0.15) is 11.1 Å². The summed E-state index contributed by atoms with van der Waals surface area (Å²) >= 11 is 0. The minimum Gasteiger partial charge on any atom is -0.378 e. The molecule has 0 radical (unpaired) electrons. The Balaban J connectivity index is 1.48. The largest absolute Gasteiger partial charge is 0.378 e. The lowest BCUT2D eigenvalue weighted by Crippen LogP contribution is -2.57. The van der Waals surface area contributed by atoms with E-state index in [-0.39, 0.29) is 17.9 Å². The van der Waals surface area contributed by atoms with Crippen molar-refractivity contribution in [2.45, 2.75) is 19.4 Å². The van der Waals surface area contributed by atoms with Crippen LogP contribution in [0.2, 0.25) is 0 Å². The number of piperazine rings is 1. The van der Waals surface area contributed by atoms with Gasteiger partial charge in [-0.1, -0.05) is 29.8 Å². The second-order valence-electron chi connectivity index (χ2n) is 6.45. The number of hydrogen-bond acceptors (Lipinski definition) is 4. The van der Waals surface area contributed by atoms with Gasteiger partial charge < -0.3 is 19.9 Å². The molecule has 2 amide bonds. The number of ether oxygens (including phenoxy) is 1. The second-order valence-corrected chi connectivity index (χ2v) is 6.45. The first-order chi connectivity index (χ1) is 11.6. The zero-order valence-electron chi connectivity index (χ0n) is 14.2. The van der Waals surface area contributed by atoms with Crippen molar-refractivity contribution in [2.75, 3.05) is 45.9 Å². The van der Waals surface area contributed by atoms with Crippen molar-refractivity contribution >= 4 is 11.8 Å². The number of nitrogens with one attached hydrogen (secondary N) is 1. The molecule has 2 aliphatic heterocycles. The highest BCUT2D eigenvalue weighted by atomic mass is 16.5. The summed E-state index contributed by atoms with van der Waals surface area (Å²) in [4.78, 5) is 28.5. The number of nitrogens with zero attached hydrogens (tertiary/aromatic N) is 2. The molecule has 130 valence electrons. The van der Waals surface area contributed by atoms with Crippen molar-refractivity contribution in [3.63, 3.8) is 0 Å². The van der Waals surface area contributed by atoms with E-state index < -0.39 is 0 Å². The molecule has 2 heterocycles. The molecule has 0 aliphatic carbocycles. The number of carbonyl (C=O) groups excluding carboxylic acids is 2. The molecule has 1 aromatic rings. The maximum atomic E-state index is 12.4. The van der Waals surface area contributed by atoms with E-state index in [0.29, 0.717) is 52.4 Å². The molecule has 0 spiro atoms. The van der Waals surface area contributed by atoms with E-state index in [1.807, 2.05) is 41.0 Å². The van der Waals surface area contributed by atoms with Crippen molar-refractivity contribution in [1.82, 2.24) is 15.1 Å². The zero-order valence-corrected chi connectivity index (χ0v) is 14.2. The summed E-state index contributed by atoms with van der Waals surface area (Å²) in [5, 5.41) is 3.19. The van der Waals surface area contributed by atoms with Gasteiger partial charge in [-0.15, -0.1) is 0 Å². The monoisotopic (exact) mass is 331 g/mol. The topological polar surface area (TPSA) is 61.9 Å². The van der Waals surface area contributed by atoms with Crippen LogP contribution in [0.4, 0.5) is 0 Å². The van der Waals surface area contributed by atoms with Crippen LogP contribution in [0.15, 0.2) is 24.3 Å². The van der Waals surface area contributed by atoms with E-state index in [4.69, 9.17) is 4.74 Å². The minimum absolute atomic E-state index is 0.0836. The number of hydrogen-bond donors (Lipinski definition) is 1. The summed E-state index contributed by atoms with van der Waals surface area (Å²) in [6, 6.07) is 7.81. The predicted molar refractivity (Wildman–Crippen MR) is 90.7 cm³/mol. The van der Waals surface area contributed by atoms with E-state index in [0.717, 1.165) is 5.56 Å². The quantitative estimate of drug-likeness (QED) is 0.859. The van der Waals surface area contributed by atoms with Crippen molar-refractivity contribution in [3.8, 4) is 0 Å². The van der Waals surface area contributed by atoms with Crippen LogP contribution in [0.3, 0.4) is 0 Å². The highest BCUT2D eigenvalue weighted by Crippen LogP contribution is 2.10. The Hall–Kier alpha value is -1.92. The van der Waals surface area contributed by atoms with E-state index in [2.05, 4.69) is 5.32 Å². The number of aryl methyl sites for hydroxylation is 1. The molecule has 2 fully saturated rings. The first kappa shape index (κ1) is 16.9. The average molecular weight is 331 g/mol. The molecule has 1 aromatic carbocycles. The molecule has 1 unspecified atom stereocenters. The molecule has 1 atom stereocenters. The third kappa shape index (κ3) is 4.13. The van der Waals surface area contributed by atoms with Gasteiger partial charge in [0.1, 0.15) is 6.04 Å². The summed E-state index contributed by atoms with van der Waals surface area (Å²) in [5.41, 5.74) is 2.23. The zero-order chi connectivity index (χ0) is 16.9. The Morgan fingerprint density at radius 1 is 1.12 bits per heavy atom. The molecular formula is C18H25N3O3. The number of morpholine rings is 1. The van der Waals surface area contributed by atoms with Crippen LogP contribution < -0.4 is 5.32 Å². The molecule has 3 rings (SSSR count). The molecule has 2 saturated heterocycles. The maximum absolute atomic E-state index is 12.4. The van der Waals surface area contributed by atoms with Crippen molar-refractivity contribution in [2.24, 2.45) is 0 Å². The third-order valence-electron chi connectivity index (χ3n) is 4.64. The summed E-state index contributed by atoms with van der Waals surface area (Å²) in [6.07, 6.45) is 0.423. The van der Waals surface area contributed by atoms with Crippen molar-refractivity contribution in [1.29, 1.82) is 0 Å². The van der Waals surface area contributed by atoms with Gasteiger partial charge in [0.25, 0.3) is 0 Å². The Kier molecular flexibility index (Phi) is 5.48. The van der Waals surface area contributed by atoms with Crippen LogP contribution >= 0.6 is 0 Å². The van der Waals surface area contributed by atoms with Gasteiger partial charge >= 0.3 is 0 Å². The normalized spacial score (nSPS) is 21.6. The smallest absolute Gasteiger partial charge is 0.242 e. The van der Waals surface area contributed by atoms with Crippen molar-refractivity contribution < 1.29 is 14.3 Å². The standard InChI is InChI=1S/C18H25N3O3/c1-14-2-4-15(5-3-14)12-17(22)20-7-9-21(10-8-20)18(23)16-13-24-11-6-19-16/h2-5,16,19H,6-13H2,1H3. The van der Waals surface area contributed by atoms with Gasteiger partial charge in [0.2, 0.25) is 11.8 Å². The second kappa shape index (κ2) is 7.77.